The van der Waals surface area contributed by atoms with Gasteiger partial charge in [0.05, 0.1) is 11.6 Å². The number of piperidine rings is 1. The zero-order valence-corrected chi connectivity index (χ0v) is 13.6. The van der Waals surface area contributed by atoms with Crippen LogP contribution in [0.4, 0.5) is 14.5 Å². The highest BCUT2D eigenvalue weighted by Gasteiger charge is 2.38. The van der Waals surface area contributed by atoms with E-state index >= 15 is 0 Å². The summed E-state index contributed by atoms with van der Waals surface area (Å²) in [6.07, 6.45) is 1.84. The Kier molecular flexibility index (Phi) is 4.80. The molecule has 2 aliphatic heterocycles. The summed E-state index contributed by atoms with van der Waals surface area (Å²) in [4.78, 5) is 27.9. The maximum Gasteiger partial charge on any atom is 0.228 e. The van der Waals surface area contributed by atoms with Gasteiger partial charge in [-0.3, -0.25) is 9.59 Å². The van der Waals surface area contributed by atoms with Crippen LogP contribution in [0.15, 0.2) is 18.2 Å². The van der Waals surface area contributed by atoms with Crippen molar-refractivity contribution >= 4 is 17.5 Å². The molecule has 2 saturated heterocycles. The number of nitrogens with zero attached hydrogens (tertiary/aromatic N) is 2. The third kappa shape index (κ3) is 3.26. The van der Waals surface area contributed by atoms with Crippen molar-refractivity contribution < 1.29 is 18.4 Å². The Morgan fingerprint density at radius 3 is 2.67 bits per heavy atom. The molecule has 1 aromatic rings. The molecule has 2 aliphatic rings. The third-order valence-corrected chi connectivity index (χ3v) is 4.88. The zero-order chi connectivity index (χ0) is 17.3. The van der Waals surface area contributed by atoms with Crippen LogP contribution in [0.1, 0.15) is 19.3 Å². The lowest BCUT2D eigenvalue weighted by atomic mass is 10.0. The summed E-state index contributed by atoms with van der Waals surface area (Å²) in [5.41, 5.74) is 0.0289. The van der Waals surface area contributed by atoms with Crippen molar-refractivity contribution in [2.24, 2.45) is 5.92 Å². The van der Waals surface area contributed by atoms with Gasteiger partial charge in [0.25, 0.3) is 0 Å². The fraction of sp³-hybridized carbons (Fsp3) is 0.529. The quantitative estimate of drug-likeness (QED) is 0.910. The minimum Gasteiger partial charge on any atom is -0.342 e. The van der Waals surface area contributed by atoms with Crippen molar-refractivity contribution in [2.75, 3.05) is 31.6 Å². The van der Waals surface area contributed by atoms with Crippen molar-refractivity contribution in [3.63, 3.8) is 0 Å². The Bertz CT molecular complexity index is 647. The lowest BCUT2D eigenvalue weighted by Crippen LogP contribution is -2.46. The van der Waals surface area contributed by atoms with Crippen molar-refractivity contribution in [2.45, 2.75) is 25.3 Å². The Labute approximate surface area is 139 Å². The number of carbonyl (C=O) groups is 2. The number of benzene rings is 1. The van der Waals surface area contributed by atoms with E-state index in [-0.39, 0.29) is 36.5 Å². The fourth-order valence-electron chi connectivity index (χ4n) is 3.47. The van der Waals surface area contributed by atoms with E-state index in [1.807, 2.05) is 0 Å². The average Bonchev–Trinajstić information content (AvgIpc) is 2.96. The second-order valence-electron chi connectivity index (χ2n) is 6.43. The molecule has 1 unspecified atom stereocenters. The summed E-state index contributed by atoms with van der Waals surface area (Å²) < 4.78 is 27.0. The molecule has 2 amide bonds. The summed E-state index contributed by atoms with van der Waals surface area (Å²) in [6.45, 7) is 1.88. The fourth-order valence-corrected chi connectivity index (χ4v) is 3.47. The third-order valence-electron chi connectivity index (χ3n) is 4.88. The number of hydrogen-bond acceptors (Lipinski definition) is 3. The molecule has 0 saturated carbocycles. The molecule has 0 aromatic heterocycles. The maximum atomic E-state index is 13.9. The lowest BCUT2D eigenvalue weighted by molar-refractivity contribution is -0.137. The van der Waals surface area contributed by atoms with Crippen molar-refractivity contribution in [3.05, 3.63) is 29.8 Å². The molecule has 0 radical (unpaired) electrons. The van der Waals surface area contributed by atoms with Gasteiger partial charge >= 0.3 is 0 Å². The molecule has 5 nitrogen and oxygen atoms in total. The molecule has 0 bridgehead atoms. The van der Waals surface area contributed by atoms with Crippen LogP contribution in [0.2, 0.25) is 0 Å². The SMILES string of the molecule is CN(C(=O)C1CC(=O)N(c2ccc(F)cc2F)C1)C1CCNCC1. The lowest BCUT2D eigenvalue weighted by Gasteiger charge is -2.33. The zero-order valence-electron chi connectivity index (χ0n) is 13.6. The van der Waals surface area contributed by atoms with Crippen LogP contribution in [0.3, 0.4) is 0 Å². The standard InChI is InChI=1S/C17H21F2N3O2/c1-21(13-4-6-20-7-5-13)17(24)11-8-16(23)22(10-11)15-3-2-12(18)9-14(15)19/h2-3,9,11,13,20H,4-8,10H2,1H3. The smallest absolute Gasteiger partial charge is 0.228 e. The van der Waals surface area contributed by atoms with Crippen molar-refractivity contribution in [1.82, 2.24) is 10.2 Å². The van der Waals surface area contributed by atoms with Crippen molar-refractivity contribution in [1.29, 1.82) is 0 Å². The Morgan fingerprint density at radius 1 is 1.29 bits per heavy atom. The van der Waals surface area contributed by atoms with Crippen LogP contribution >= 0.6 is 0 Å². The first-order valence-electron chi connectivity index (χ1n) is 8.20. The number of hydrogen-bond donors (Lipinski definition) is 1. The minimum absolute atomic E-state index is 0.0289. The second-order valence-corrected chi connectivity index (χ2v) is 6.43. The van der Waals surface area contributed by atoms with Gasteiger partial charge in [-0.2, -0.15) is 0 Å². The van der Waals surface area contributed by atoms with Gasteiger partial charge in [0.1, 0.15) is 11.6 Å². The van der Waals surface area contributed by atoms with E-state index in [9.17, 15) is 18.4 Å². The summed E-state index contributed by atoms with van der Waals surface area (Å²) in [6, 6.07) is 3.28. The number of carbonyl (C=O) groups excluding carboxylic acids is 2. The number of rotatable bonds is 3. The van der Waals surface area contributed by atoms with E-state index in [1.165, 1.54) is 11.0 Å². The molecular weight excluding hydrogens is 316 g/mol. The van der Waals surface area contributed by atoms with E-state index < -0.39 is 17.6 Å². The molecule has 24 heavy (non-hydrogen) atoms. The summed E-state index contributed by atoms with van der Waals surface area (Å²) in [5.74, 6) is -2.36. The van der Waals surface area contributed by atoms with Gasteiger partial charge < -0.3 is 15.1 Å². The number of nitrogens with one attached hydrogen (secondary N) is 1. The minimum atomic E-state index is -0.789. The van der Waals surface area contributed by atoms with Crippen LogP contribution in [0.25, 0.3) is 0 Å². The second kappa shape index (κ2) is 6.84. The van der Waals surface area contributed by atoms with Crippen LogP contribution in [0, 0.1) is 17.6 Å². The van der Waals surface area contributed by atoms with Gasteiger partial charge in [-0.25, -0.2) is 8.78 Å². The number of halogens is 2. The Balaban J connectivity index is 1.70. The van der Waals surface area contributed by atoms with Gasteiger partial charge in [-0.15, -0.1) is 0 Å². The van der Waals surface area contributed by atoms with Gasteiger partial charge in [-0.1, -0.05) is 0 Å². The predicted octanol–water partition coefficient (Wildman–Crippen LogP) is 1.53. The van der Waals surface area contributed by atoms with Gasteiger partial charge in [-0.05, 0) is 38.1 Å². The number of anilines is 1. The summed E-state index contributed by atoms with van der Waals surface area (Å²) in [5, 5.41) is 3.25. The molecule has 1 aromatic carbocycles. The topological polar surface area (TPSA) is 52.7 Å². The first-order chi connectivity index (χ1) is 11.5. The highest BCUT2D eigenvalue weighted by Crippen LogP contribution is 2.29. The van der Waals surface area contributed by atoms with E-state index in [0.717, 1.165) is 38.1 Å². The van der Waals surface area contributed by atoms with E-state index in [0.29, 0.717) is 0 Å². The molecule has 0 spiro atoms. The van der Waals surface area contributed by atoms with Crippen molar-refractivity contribution in [3.8, 4) is 0 Å². The Hall–Kier alpha value is -2.02. The molecule has 0 aliphatic carbocycles. The molecule has 3 rings (SSSR count). The van der Waals surface area contributed by atoms with Gasteiger partial charge in [0.2, 0.25) is 11.8 Å². The van der Waals surface area contributed by atoms with E-state index in [1.54, 1.807) is 11.9 Å². The van der Waals surface area contributed by atoms with Crippen LogP contribution in [-0.2, 0) is 9.59 Å². The first kappa shape index (κ1) is 16.8. The molecule has 130 valence electrons. The monoisotopic (exact) mass is 337 g/mol. The maximum absolute atomic E-state index is 13.9. The largest absolute Gasteiger partial charge is 0.342 e. The molecule has 7 heteroatoms. The van der Waals surface area contributed by atoms with E-state index in [2.05, 4.69) is 5.32 Å². The highest BCUT2D eigenvalue weighted by atomic mass is 19.1. The normalized spacial score (nSPS) is 22.0. The predicted molar refractivity (Wildman–Crippen MR) is 85.5 cm³/mol. The first-order valence-corrected chi connectivity index (χ1v) is 8.20. The molecular formula is C17H21F2N3O2. The summed E-state index contributed by atoms with van der Waals surface area (Å²) >= 11 is 0. The van der Waals surface area contributed by atoms with Gasteiger partial charge in [0.15, 0.2) is 0 Å². The Morgan fingerprint density at radius 2 is 2.00 bits per heavy atom. The van der Waals surface area contributed by atoms with Crippen LogP contribution in [0.5, 0.6) is 0 Å². The molecule has 2 heterocycles. The molecule has 1 atom stereocenters. The summed E-state index contributed by atoms with van der Waals surface area (Å²) in [7, 11) is 1.77. The molecule has 1 N–H and O–H groups in total. The average molecular weight is 337 g/mol. The van der Waals surface area contributed by atoms with Crippen LogP contribution < -0.4 is 10.2 Å². The van der Waals surface area contributed by atoms with Crippen LogP contribution in [-0.4, -0.2) is 49.4 Å². The highest BCUT2D eigenvalue weighted by molar-refractivity contribution is 6.00. The van der Waals surface area contributed by atoms with Gasteiger partial charge in [0, 0.05) is 32.1 Å². The van der Waals surface area contributed by atoms with E-state index in [4.69, 9.17) is 0 Å². The number of amides is 2. The molecule has 2 fully saturated rings.